The minimum atomic E-state index is -1.26. The topological polar surface area (TPSA) is 50.2 Å². The van der Waals surface area contributed by atoms with Crippen LogP contribution < -0.4 is 0 Å². The van der Waals surface area contributed by atoms with Gasteiger partial charge in [-0.1, -0.05) is 0 Å². The lowest BCUT2D eigenvalue weighted by molar-refractivity contribution is 0.0691. The number of hydrogen-bond acceptors (Lipinski definition) is 3. The van der Waals surface area contributed by atoms with Crippen LogP contribution in [0.2, 0.25) is 0 Å². The first-order chi connectivity index (χ1) is 9.06. The molecule has 0 spiro atoms. The first kappa shape index (κ1) is 14.0. The summed E-state index contributed by atoms with van der Waals surface area (Å²) in [5.74, 6) is -1.35. The Balaban J connectivity index is 2.12. The zero-order valence-electron chi connectivity index (χ0n) is 9.64. The normalized spacial score (nSPS) is 10.4. The zero-order valence-corrected chi connectivity index (χ0v) is 12.0. The molecule has 0 aliphatic heterocycles. The van der Waals surface area contributed by atoms with Crippen molar-refractivity contribution in [2.24, 2.45) is 0 Å². The zero-order chi connectivity index (χ0) is 13.8. The summed E-state index contributed by atoms with van der Waals surface area (Å²) in [6.45, 7) is 0. The van der Waals surface area contributed by atoms with Gasteiger partial charge in [0.2, 0.25) is 0 Å². The maximum Gasteiger partial charge on any atom is 0.338 e. The average molecular weight is 342 g/mol. The molecule has 1 aromatic carbocycles. The molecule has 0 radical (unpaired) electrons. The van der Waals surface area contributed by atoms with Gasteiger partial charge < -0.3 is 5.11 Å². The third-order valence-corrected chi connectivity index (χ3v) is 3.83. The molecule has 6 heteroatoms. The largest absolute Gasteiger partial charge is 0.478 e. The predicted octanol–water partition coefficient (Wildman–Crippen LogP) is 3.97. The molecule has 0 aliphatic carbocycles. The highest BCUT2D eigenvalue weighted by Gasteiger charge is 2.11. The molecule has 3 nitrogen and oxygen atoms in total. The highest BCUT2D eigenvalue weighted by Crippen LogP contribution is 2.25. The number of rotatable bonds is 4. The van der Waals surface area contributed by atoms with Gasteiger partial charge >= 0.3 is 5.97 Å². The van der Waals surface area contributed by atoms with Crippen LogP contribution in [0.4, 0.5) is 4.39 Å². The number of halogens is 2. The van der Waals surface area contributed by atoms with E-state index in [4.69, 9.17) is 5.11 Å². The van der Waals surface area contributed by atoms with Gasteiger partial charge in [0.25, 0.3) is 0 Å². The minimum Gasteiger partial charge on any atom is -0.478 e. The summed E-state index contributed by atoms with van der Waals surface area (Å²) in [6.07, 6.45) is 3.42. The first-order valence-corrected chi connectivity index (χ1v) is 7.09. The maximum atomic E-state index is 13.2. The van der Waals surface area contributed by atoms with Crippen molar-refractivity contribution in [3.8, 4) is 0 Å². The number of carboxylic acids is 1. The van der Waals surface area contributed by atoms with E-state index in [1.807, 2.05) is 6.07 Å². The van der Waals surface area contributed by atoms with E-state index >= 15 is 0 Å². The summed E-state index contributed by atoms with van der Waals surface area (Å²) >= 11 is 4.76. The summed E-state index contributed by atoms with van der Waals surface area (Å²) in [7, 11) is 0. The highest BCUT2D eigenvalue weighted by atomic mass is 79.9. The third-order valence-electron chi connectivity index (χ3n) is 2.34. The molecule has 0 amide bonds. The van der Waals surface area contributed by atoms with Crippen LogP contribution in [-0.4, -0.2) is 16.1 Å². The molecule has 1 aromatic heterocycles. The van der Waals surface area contributed by atoms with Crippen molar-refractivity contribution in [2.45, 2.75) is 10.6 Å². The van der Waals surface area contributed by atoms with E-state index in [1.54, 1.807) is 18.5 Å². The van der Waals surface area contributed by atoms with Crippen LogP contribution >= 0.6 is 27.7 Å². The summed E-state index contributed by atoms with van der Waals surface area (Å²) in [5, 5.41) is 8.85. The molecule has 19 heavy (non-hydrogen) atoms. The van der Waals surface area contributed by atoms with Gasteiger partial charge in [-0.3, -0.25) is 4.98 Å². The molecule has 0 aliphatic rings. The van der Waals surface area contributed by atoms with Crippen molar-refractivity contribution in [3.63, 3.8) is 0 Å². The number of carboxylic acid groups (broad SMARTS) is 1. The van der Waals surface area contributed by atoms with E-state index in [-0.39, 0.29) is 5.56 Å². The number of benzene rings is 1. The second-order valence-electron chi connectivity index (χ2n) is 3.75. The maximum absolute atomic E-state index is 13.2. The molecular weight excluding hydrogens is 333 g/mol. The van der Waals surface area contributed by atoms with Crippen LogP contribution in [0.25, 0.3) is 0 Å². The van der Waals surface area contributed by atoms with Crippen LogP contribution in [0.15, 0.2) is 46.0 Å². The number of aromatic nitrogens is 1. The van der Waals surface area contributed by atoms with Gasteiger partial charge in [0.1, 0.15) is 5.82 Å². The summed E-state index contributed by atoms with van der Waals surface area (Å²) in [5.41, 5.74) is 0.693. The third kappa shape index (κ3) is 3.78. The van der Waals surface area contributed by atoms with E-state index in [0.717, 1.165) is 10.0 Å². The van der Waals surface area contributed by atoms with Gasteiger partial charge in [-0.2, -0.15) is 0 Å². The van der Waals surface area contributed by atoms with Crippen molar-refractivity contribution < 1.29 is 14.3 Å². The molecule has 0 saturated heterocycles. The van der Waals surface area contributed by atoms with E-state index in [2.05, 4.69) is 20.9 Å². The molecule has 1 heterocycles. The van der Waals surface area contributed by atoms with Crippen LogP contribution in [-0.2, 0) is 5.75 Å². The fourth-order valence-electron chi connectivity index (χ4n) is 1.46. The van der Waals surface area contributed by atoms with Crippen molar-refractivity contribution in [3.05, 3.63) is 58.1 Å². The second kappa shape index (κ2) is 6.16. The number of carbonyl (C=O) groups is 1. The Morgan fingerprint density at radius 1 is 1.37 bits per heavy atom. The van der Waals surface area contributed by atoms with Gasteiger partial charge in [-0.05, 0) is 45.8 Å². The quantitative estimate of drug-likeness (QED) is 0.854. The van der Waals surface area contributed by atoms with Crippen LogP contribution in [0, 0.1) is 5.82 Å². The smallest absolute Gasteiger partial charge is 0.338 e. The lowest BCUT2D eigenvalue weighted by atomic mass is 10.2. The van der Waals surface area contributed by atoms with Gasteiger partial charge in [-0.15, -0.1) is 11.8 Å². The molecule has 0 unspecified atom stereocenters. The summed E-state index contributed by atoms with van der Waals surface area (Å²) < 4.78 is 14.1. The standard InChI is InChI=1S/C13H9BrFNO2S/c14-9-3-8(5-16-6-9)7-19-10-1-2-12(15)11(4-10)13(17)18/h1-6H,7H2,(H,17,18). The van der Waals surface area contributed by atoms with Crippen LogP contribution in [0.5, 0.6) is 0 Å². The summed E-state index contributed by atoms with van der Waals surface area (Å²) in [6, 6.07) is 6.01. The lowest BCUT2D eigenvalue weighted by Gasteiger charge is -2.04. The van der Waals surface area contributed by atoms with Gasteiger partial charge in [-0.25, -0.2) is 9.18 Å². The fourth-order valence-corrected chi connectivity index (χ4v) is 2.73. The van der Waals surface area contributed by atoms with E-state index in [1.165, 1.54) is 23.9 Å². The van der Waals surface area contributed by atoms with Crippen molar-refractivity contribution in [2.75, 3.05) is 0 Å². The molecule has 98 valence electrons. The van der Waals surface area contributed by atoms with Gasteiger partial charge in [0.15, 0.2) is 0 Å². The number of thioether (sulfide) groups is 1. The Hall–Kier alpha value is -1.40. The SMILES string of the molecule is O=C(O)c1cc(SCc2cncc(Br)c2)ccc1F. The van der Waals surface area contributed by atoms with Crippen molar-refractivity contribution in [1.29, 1.82) is 0 Å². The molecule has 0 bridgehead atoms. The van der Waals surface area contributed by atoms with Crippen LogP contribution in [0.3, 0.4) is 0 Å². The molecule has 0 fully saturated rings. The molecular formula is C13H9BrFNO2S. The molecule has 2 aromatic rings. The van der Waals surface area contributed by atoms with Gasteiger partial charge in [0.05, 0.1) is 5.56 Å². The molecule has 0 atom stereocenters. The average Bonchev–Trinajstić information content (AvgIpc) is 2.37. The Morgan fingerprint density at radius 3 is 2.84 bits per heavy atom. The summed E-state index contributed by atoms with van der Waals surface area (Å²) in [4.78, 5) is 15.6. The van der Waals surface area contributed by atoms with Crippen molar-refractivity contribution >= 4 is 33.7 Å². The Kier molecular flexibility index (Phi) is 4.55. The monoisotopic (exact) mass is 341 g/mol. The van der Waals surface area contributed by atoms with E-state index < -0.39 is 11.8 Å². The fraction of sp³-hybridized carbons (Fsp3) is 0.0769. The predicted molar refractivity (Wildman–Crippen MR) is 74.9 cm³/mol. The molecule has 1 N–H and O–H groups in total. The van der Waals surface area contributed by atoms with Crippen LogP contribution in [0.1, 0.15) is 15.9 Å². The molecule has 2 rings (SSSR count). The Labute approximate surface area is 122 Å². The lowest BCUT2D eigenvalue weighted by Crippen LogP contribution is -2.00. The Morgan fingerprint density at radius 2 is 2.16 bits per heavy atom. The Bertz CT molecular complexity index is 621. The second-order valence-corrected chi connectivity index (χ2v) is 5.71. The first-order valence-electron chi connectivity index (χ1n) is 5.31. The van der Waals surface area contributed by atoms with Gasteiger partial charge in [0, 0.05) is 27.5 Å². The minimum absolute atomic E-state index is 0.308. The van der Waals surface area contributed by atoms with E-state index in [0.29, 0.717) is 10.6 Å². The highest BCUT2D eigenvalue weighted by molar-refractivity contribution is 9.10. The van der Waals surface area contributed by atoms with Crippen molar-refractivity contribution in [1.82, 2.24) is 4.98 Å². The molecule has 0 saturated carbocycles. The number of hydrogen-bond donors (Lipinski definition) is 1. The number of pyridine rings is 1. The van der Waals surface area contributed by atoms with E-state index in [9.17, 15) is 9.18 Å². The number of nitrogens with zero attached hydrogens (tertiary/aromatic N) is 1. The number of aromatic carboxylic acids is 1.